The molecule has 0 fully saturated rings. The van der Waals surface area contributed by atoms with E-state index in [4.69, 9.17) is 0 Å². The Morgan fingerprint density at radius 2 is 1.54 bits per heavy atom. The van der Waals surface area contributed by atoms with Gasteiger partial charge in [-0.15, -0.1) is 11.8 Å². The summed E-state index contributed by atoms with van der Waals surface area (Å²) in [4.78, 5) is 1.36. The predicted octanol–water partition coefficient (Wildman–Crippen LogP) is 8.05. The average Bonchev–Trinajstić information content (AvgIpc) is 2.67. The van der Waals surface area contributed by atoms with E-state index in [1.54, 1.807) is 0 Å². The lowest BCUT2D eigenvalue weighted by Crippen LogP contribution is -2.33. The van der Waals surface area contributed by atoms with Gasteiger partial charge in [0.1, 0.15) is 0 Å². The summed E-state index contributed by atoms with van der Waals surface area (Å²) < 4.78 is 0. The van der Waals surface area contributed by atoms with Crippen LogP contribution in [0, 0.1) is 0 Å². The summed E-state index contributed by atoms with van der Waals surface area (Å²) in [6, 6.07) is 16.2. The van der Waals surface area contributed by atoms with Crippen molar-refractivity contribution in [1.82, 2.24) is 0 Å². The molecule has 0 radical (unpaired) electrons. The molecular formula is C26H34S2. The smallest absolute Gasteiger partial charge is 0.00726 e. The highest BCUT2D eigenvalue weighted by Gasteiger charge is 2.36. The molecule has 0 unspecified atom stereocenters. The second-order valence-corrected chi connectivity index (χ2v) is 11.4. The quantitative estimate of drug-likeness (QED) is 0.268. The molecule has 2 aromatic carbocycles. The highest BCUT2D eigenvalue weighted by atomic mass is 32.2. The first-order chi connectivity index (χ1) is 13.2. The lowest BCUT2D eigenvalue weighted by Gasteiger charge is -2.42. The topological polar surface area (TPSA) is 0 Å². The minimum Gasteiger partial charge on any atom is -0.165 e. The molecule has 150 valence electrons. The lowest BCUT2D eigenvalue weighted by atomic mass is 9.63. The van der Waals surface area contributed by atoms with Crippen LogP contribution in [-0.2, 0) is 10.8 Å². The summed E-state index contributed by atoms with van der Waals surface area (Å²) in [6.07, 6.45) is 7.01. The molecule has 0 amide bonds. The fraction of sp³-hybridized carbons (Fsp3) is 0.462. The minimum absolute atomic E-state index is 0.261. The van der Waals surface area contributed by atoms with Gasteiger partial charge in [0.15, 0.2) is 0 Å². The van der Waals surface area contributed by atoms with E-state index in [-0.39, 0.29) is 10.8 Å². The number of hydrogen-bond donors (Lipinski definition) is 0. The van der Waals surface area contributed by atoms with E-state index in [2.05, 4.69) is 89.4 Å². The van der Waals surface area contributed by atoms with Crippen LogP contribution in [0.3, 0.4) is 0 Å². The summed E-state index contributed by atoms with van der Waals surface area (Å²) in [7, 11) is 0. The molecular weight excluding hydrogens is 376 g/mol. The van der Waals surface area contributed by atoms with Crippen molar-refractivity contribution in [3.05, 3.63) is 64.7 Å². The third kappa shape index (κ3) is 4.89. The van der Waals surface area contributed by atoms with Gasteiger partial charge in [-0.25, -0.2) is 0 Å². The molecule has 0 bridgehead atoms. The molecule has 0 aromatic heterocycles. The standard InChI is InChI=1S/C26H34S2/c1-19(17-20-7-10-22(11-8-20)28-16-15-27-6)21-9-12-23-24(18-21)26(4,5)14-13-25(23,2)3/h7-12,17-18H,13-16H2,1-6H3. The summed E-state index contributed by atoms with van der Waals surface area (Å²) in [5.74, 6) is 2.38. The van der Waals surface area contributed by atoms with Crippen LogP contribution >= 0.6 is 23.5 Å². The van der Waals surface area contributed by atoms with E-state index in [0.29, 0.717) is 0 Å². The van der Waals surface area contributed by atoms with E-state index < -0.39 is 0 Å². The van der Waals surface area contributed by atoms with Crippen LogP contribution in [0.2, 0.25) is 0 Å². The van der Waals surface area contributed by atoms with Crippen molar-refractivity contribution in [3.8, 4) is 0 Å². The number of rotatable bonds is 6. The normalized spacial score (nSPS) is 18.0. The summed E-state index contributed by atoms with van der Waals surface area (Å²) in [5.41, 5.74) is 7.58. The van der Waals surface area contributed by atoms with Gasteiger partial charge in [0.2, 0.25) is 0 Å². The Morgan fingerprint density at radius 1 is 0.893 bits per heavy atom. The number of allylic oxidation sites excluding steroid dienone is 1. The molecule has 0 saturated heterocycles. The Labute approximate surface area is 180 Å². The maximum Gasteiger partial charge on any atom is 0.00726 e. The first-order valence-corrected chi connectivity index (χ1v) is 12.7. The van der Waals surface area contributed by atoms with Crippen LogP contribution in [0.5, 0.6) is 0 Å². The number of fused-ring (bicyclic) bond motifs is 1. The Bertz CT molecular complexity index is 841. The highest BCUT2D eigenvalue weighted by molar-refractivity contribution is 8.02. The van der Waals surface area contributed by atoms with Gasteiger partial charge in [0, 0.05) is 16.4 Å². The molecule has 1 aliphatic rings. The first-order valence-electron chi connectivity index (χ1n) is 10.3. The Hall–Kier alpha value is -1.12. The SMILES string of the molecule is CSCCSc1ccc(C=C(C)c2ccc3c(c2)C(C)(C)CCC3(C)C)cc1. The van der Waals surface area contributed by atoms with Gasteiger partial charge in [0.05, 0.1) is 0 Å². The van der Waals surface area contributed by atoms with Crippen LogP contribution in [0.1, 0.15) is 69.7 Å². The molecule has 0 heterocycles. The molecule has 0 aliphatic heterocycles. The monoisotopic (exact) mass is 410 g/mol. The second kappa shape index (κ2) is 8.71. The van der Waals surface area contributed by atoms with Crippen molar-refractivity contribution < 1.29 is 0 Å². The maximum atomic E-state index is 2.45. The number of thioether (sulfide) groups is 2. The molecule has 0 saturated carbocycles. The fourth-order valence-corrected chi connectivity index (χ4v) is 5.63. The Balaban J connectivity index is 1.84. The van der Waals surface area contributed by atoms with Crippen molar-refractivity contribution in [2.24, 2.45) is 0 Å². The van der Waals surface area contributed by atoms with Crippen LogP contribution in [-0.4, -0.2) is 17.8 Å². The summed E-state index contributed by atoms with van der Waals surface area (Å²) >= 11 is 3.85. The second-order valence-electron chi connectivity index (χ2n) is 9.27. The summed E-state index contributed by atoms with van der Waals surface area (Å²) in [6.45, 7) is 11.8. The van der Waals surface area contributed by atoms with Crippen LogP contribution in [0.15, 0.2) is 47.4 Å². The van der Waals surface area contributed by atoms with E-state index in [1.807, 2.05) is 23.5 Å². The maximum absolute atomic E-state index is 2.45. The van der Waals surface area contributed by atoms with Gasteiger partial charge in [0.25, 0.3) is 0 Å². The van der Waals surface area contributed by atoms with Crippen molar-refractivity contribution in [2.45, 2.75) is 63.2 Å². The average molecular weight is 411 g/mol. The van der Waals surface area contributed by atoms with Gasteiger partial charge in [-0.1, -0.05) is 64.1 Å². The fourth-order valence-electron chi connectivity index (χ4n) is 4.07. The van der Waals surface area contributed by atoms with Crippen molar-refractivity contribution in [1.29, 1.82) is 0 Å². The van der Waals surface area contributed by atoms with Crippen molar-refractivity contribution in [2.75, 3.05) is 17.8 Å². The molecule has 3 rings (SSSR count). The van der Waals surface area contributed by atoms with Crippen molar-refractivity contribution >= 4 is 35.2 Å². The number of benzene rings is 2. The van der Waals surface area contributed by atoms with Gasteiger partial charge < -0.3 is 0 Å². The van der Waals surface area contributed by atoms with Gasteiger partial charge in [-0.2, -0.15) is 11.8 Å². The van der Waals surface area contributed by atoms with Gasteiger partial charge in [-0.05, 0) is 76.8 Å². The molecule has 0 spiro atoms. The molecule has 1 aliphatic carbocycles. The first kappa shape index (κ1) is 21.6. The van der Waals surface area contributed by atoms with Gasteiger partial charge >= 0.3 is 0 Å². The van der Waals surface area contributed by atoms with Crippen LogP contribution in [0.25, 0.3) is 11.6 Å². The van der Waals surface area contributed by atoms with E-state index in [0.717, 1.165) is 0 Å². The molecule has 2 heteroatoms. The van der Waals surface area contributed by atoms with Crippen LogP contribution < -0.4 is 0 Å². The summed E-state index contributed by atoms with van der Waals surface area (Å²) in [5, 5.41) is 0. The Kier molecular flexibility index (Phi) is 6.72. The van der Waals surface area contributed by atoms with E-state index in [1.165, 1.54) is 57.1 Å². The molecule has 0 nitrogen and oxygen atoms in total. The van der Waals surface area contributed by atoms with Gasteiger partial charge in [-0.3, -0.25) is 0 Å². The molecule has 0 atom stereocenters. The number of hydrogen-bond acceptors (Lipinski definition) is 2. The molecule has 28 heavy (non-hydrogen) atoms. The van der Waals surface area contributed by atoms with Crippen LogP contribution in [0.4, 0.5) is 0 Å². The largest absolute Gasteiger partial charge is 0.165 e. The van der Waals surface area contributed by atoms with E-state index >= 15 is 0 Å². The third-order valence-corrected chi connectivity index (χ3v) is 8.01. The minimum atomic E-state index is 0.261. The van der Waals surface area contributed by atoms with Crippen molar-refractivity contribution in [3.63, 3.8) is 0 Å². The highest BCUT2D eigenvalue weighted by Crippen LogP contribution is 2.46. The predicted molar refractivity (Wildman–Crippen MR) is 131 cm³/mol. The zero-order valence-electron chi connectivity index (χ0n) is 18.3. The zero-order chi connectivity index (χ0) is 20.4. The molecule has 2 aromatic rings. The van der Waals surface area contributed by atoms with E-state index in [9.17, 15) is 0 Å². The molecule has 0 N–H and O–H groups in total. The lowest BCUT2D eigenvalue weighted by molar-refractivity contribution is 0.332. The third-order valence-electron chi connectivity index (χ3n) is 6.13. The zero-order valence-corrected chi connectivity index (χ0v) is 19.9. The Morgan fingerprint density at radius 3 is 2.18 bits per heavy atom.